The molecule has 2 N–H and O–H groups in total. The van der Waals surface area contributed by atoms with Gasteiger partial charge in [-0.2, -0.15) is 0 Å². The molecule has 0 saturated heterocycles. The third-order valence-electron chi connectivity index (χ3n) is 3.09. The molecule has 0 aliphatic heterocycles. The van der Waals surface area contributed by atoms with Gasteiger partial charge in [-0.15, -0.1) is 0 Å². The minimum atomic E-state index is -0.397. The first kappa shape index (κ1) is 17.8. The zero-order valence-corrected chi connectivity index (χ0v) is 15.0. The summed E-state index contributed by atoms with van der Waals surface area (Å²) in [4.78, 5) is 23.8. The van der Waals surface area contributed by atoms with Crippen molar-refractivity contribution in [3.63, 3.8) is 0 Å². The van der Waals surface area contributed by atoms with Gasteiger partial charge in [-0.1, -0.05) is 47.5 Å². The summed E-state index contributed by atoms with van der Waals surface area (Å²) in [7, 11) is 0. The van der Waals surface area contributed by atoms with Crippen molar-refractivity contribution < 1.29 is 9.59 Å². The van der Waals surface area contributed by atoms with Gasteiger partial charge in [-0.3, -0.25) is 20.4 Å². The Kier molecular flexibility index (Phi) is 6.45. The Hall–Kier alpha value is -1.56. The van der Waals surface area contributed by atoms with Gasteiger partial charge in [0.05, 0.1) is 15.6 Å². The molecule has 0 unspecified atom stereocenters. The molecule has 4 nitrogen and oxygen atoms in total. The van der Waals surface area contributed by atoms with Crippen LogP contribution >= 0.6 is 39.1 Å². The molecule has 2 aromatic carbocycles. The first-order valence-electron chi connectivity index (χ1n) is 6.75. The lowest BCUT2D eigenvalue weighted by molar-refractivity contribution is -0.121. The summed E-state index contributed by atoms with van der Waals surface area (Å²) in [5.41, 5.74) is 5.97. The molecule has 0 fully saturated rings. The Morgan fingerprint density at radius 2 is 1.74 bits per heavy atom. The fourth-order valence-corrected chi connectivity index (χ4v) is 2.77. The van der Waals surface area contributed by atoms with Gasteiger partial charge in [0.2, 0.25) is 5.91 Å². The van der Waals surface area contributed by atoms with Crippen molar-refractivity contribution in [2.24, 2.45) is 0 Å². The molecule has 0 bridgehead atoms. The van der Waals surface area contributed by atoms with Crippen LogP contribution in [0.5, 0.6) is 0 Å². The summed E-state index contributed by atoms with van der Waals surface area (Å²) in [5.74, 6) is -0.715. The van der Waals surface area contributed by atoms with Crippen molar-refractivity contribution in [2.45, 2.75) is 12.8 Å². The van der Waals surface area contributed by atoms with E-state index in [9.17, 15) is 9.59 Å². The van der Waals surface area contributed by atoms with E-state index >= 15 is 0 Å². The molecule has 2 rings (SSSR count). The standard InChI is InChI=1S/C16H13BrCl2N2O2/c17-12-6-2-1-5-11(12)16(23)21-20-14(22)9-8-10-4-3-7-13(18)15(10)19/h1-7H,8-9H2,(H,20,22)(H,21,23). The highest BCUT2D eigenvalue weighted by Crippen LogP contribution is 2.26. The lowest BCUT2D eigenvalue weighted by Gasteiger charge is -2.09. The van der Waals surface area contributed by atoms with Crippen molar-refractivity contribution in [1.29, 1.82) is 0 Å². The Bertz CT molecular complexity index is 738. The molecule has 0 spiro atoms. The number of rotatable bonds is 4. The van der Waals surface area contributed by atoms with Gasteiger partial charge in [0, 0.05) is 10.9 Å². The normalized spacial score (nSPS) is 10.2. The molecular weight excluding hydrogens is 403 g/mol. The van der Waals surface area contributed by atoms with E-state index in [-0.39, 0.29) is 12.3 Å². The summed E-state index contributed by atoms with van der Waals surface area (Å²) in [6.07, 6.45) is 0.604. The molecule has 0 saturated carbocycles. The smallest absolute Gasteiger partial charge is 0.270 e. The molecule has 0 aliphatic rings. The molecule has 0 radical (unpaired) electrons. The van der Waals surface area contributed by atoms with E-state index in [1.807, 2.05) is 0 Å². The molecule has 2 aromatic rings. The minimum Gasteiger partial charge on any atom is -0.273 e. The highest BCUT2D eigenvalue weighted by molar-refractivity contribution is 9.10. The number of carbonyl (C=O) groups is 2. The third kappa shape index (κ3) is 4.96. The van der Waals surface area contributed by atoms with Crippen LogP contribution in [0.3, 0.4) is 0 Å². The van der Waals surface area contributed by atoms with Crippen LogP contribution in [0.25, 0.3) is 0 Å². The molecule has 0 aromatic heterocycles. The van der Waals surface area contributed by atoms with Gasteiger partial charge in [0.25, 0.3) is 5.91 Å². The van der Waals surface area contributed by atoms with Gasteiger partial charge in [-0.25, -0.2) is 0 Å². The average Bonchev–Trinajstić information content (AvgIpc) is 2.54. The third-order valence-corrected chi connectivity index (χ3v) is 4.64. The van der Waals surface area contributed by atoms with Gasteiger partial charge in [-0.05, 0) is 46.1 Å². The minimum absolute atomic E-state index is 0.177. The Morgan fingerprint density at radius 1 is 1.00 bits per heavy atom. The fraction of sp³-hybridized carbons (Fsp3) is 0.125. The molecular formula is C16H13BrCl2N2O2. The second kappa shape index (κ2) is 8.34. The van der Waals surface area contributed by atoms with Crippen LogP contribution in [0.15, 0.2) is 46.9 Å². The molecule has 2 amide bonds. The van der Waals surface area contributed by atoms with Gasteiger partial charge < -0.3 is 0 Å². The highest BCUT2D eigenvalue weighted by atomic mass is 79.9. The van der Waals surface area contributed by atoms with Gasteiger partial charge in [0.15, 0.2) is 0 Å². The predicted octanol–water partition coefficient (Wildman–Crippen LogP) is 4.15. The van der Waals surface area contributed by atoms with Gasteiger partial charge >= 0.3 is 0 Å². The SMILES string of the molecule is O=C(CCc1cccc(Cl)c1Cl)NNC(=O)c1ccccc1Br. The summed E-state index contributed by atoms with van der Waals surface area (Å²) >= 11 is 15.3. The lowest BCUT2D eigenvalue weighted by Crippen LogP contribution is -2.41. The van der Waals surface area contributed by atoms with Crippen LogP contribution in [-0.2, 0) is 11.2 Å². The summed E-state index contributed by atoms with van der Waals surface area (Å²) in [5, 5.41) is 0.894. The molecule has 23 heavy (non-hydrogen) atoms. The van der Waals surface area contributed by atoms with E-state index in [2.05, 4.69) is 26.8 Å². The number of benzene rings is 2. The van der Waals surface area contributed by atoms with E-state index < -0.39 is 5.91 Å². The maximum atomic E-state index is 11.9. The molecule has 7 heteroatoms. The first-order chi connectivity index (χ1) is 11.0. The number of hydrogen-bond donors (Lipinski definition) is 2. The molecule has 120 valence electrons. The number of halogens is 3. The Labute approximate surface area is 152 Å². The second-order valence-electron chi connectivity index (χ2n) is 4.70. The summed E-state index contributed by atoms with van der Waals surface area (Å²) in [6, 6.07) is 12.2. The monoisotopic (exact) mass is 414 g/mol. The van der Waals surface area contributed by atoms with E-state index in [0.29, 0.717) is 26.5 Å². The largest absolute Gasteiger partial charge is 0.273 e. The van der Waals surface area contributed by atoms with Crippen LogP contribution in [-0.4, -0.2) is 11.8 Å². The topological polar surface area (TPSA) is 58.2 Å². The number of carbonyl (C=O) groups excluding carboxylic acids is 2. The maximum absolute atomic E-state index is 11.9. The molecule has 0 aliphatic carbocycles. The van der Waals surface area contributed by atoms with E-state index in [1.54, 1.807) is 42.5 Å². The van der Waals surface area contributed by atoms with Crippen molar-refractivity contribution >= 4 is 50.9 Å². The van der Waals surface area contributed by atoms with Crippen LogP contribution in [0, 0.1) is 0 Å². The maximum Gasteiger partial charge on any atom is 0.270 e. The van der Waals surface area contributed by atoms with Gasteiger partial charge in [0.1, 0.15) is 0 Å². The van der Waals surface area contributed by atoms with Crippen molar-refractivity contribution in [3.8, 4) is 0 Å². The van der Waals surface area contributed by atoms with E-state index in [0.717, 1.165) is 5.56 Å². The van der Waals surface area contributed by atoms with Crippen LogP contribution in [0.4, 0.5) is 0 Å². The zero-order chi connectivity index (χ0) is 16.8. The Balaban J connectivity index is 1.85. The number of amides is 2. The van der Waals surface area contributed by atoms with E-state index in [4.69, 9.17) is 23.2 Å². The van der Waals surface area contributed by atoms with Crippen LogP contribution < -0.4 is 10.9 Å². The number of aryl methyl sites for hydroxylation is 1. The molecule has 0 atom stereocenters. The Morgan fingerprint density at radius 3 is 2.48 bits per heavy atom. The van der Waals surface area contributed by atoms with Crippen molar-refractivity contribution in [2.75, 3.05) is 0 Å². The average molecular weight is 416 g/mol. The number of hydrazine groups is 1. The van der Waals surface area contributed by atoms with Crippen LogP contribution in [0.2, 0.25) is 10.0 Å². The summed E-state index contributed by atoms with van der Waals surface area (Å²) < 4.78 is 0.650. The predicted molar refractivity (Wildman–Crippen MR) is 94.5 cm³/mol. The number of hydrogen-bond acceptors (Lipinski definition) is 2. The van der Waals surface area contributed by atoms with Crippen LogP contribution in [0.1, 0.15) is 22.3 Å². The molecule has 0 heterocycles. The van der Waals surface area contributed by atoms with Crippen molar-refractivity contribution in [1.82, 2.24) is 10.9 Å². The van der Waals surface area contributed by atoms with E-state index in [1.165, 1.54) is 0 Å². The zero-order valence-electron chi connectivity index (χ0n) is 11.9. The summed E-state index contributed by atoms with van der Waals surface area (Å²) in [6.45, 7) is 0. The highest BCUT2D eigenvalue weighted by Gasteiger charge is 2.11. The quantitative estimate of drug-likeness (QED) is 0.737. The number of nitrogens with one attached hydrogen (secondary N) is 2. The fourth-order valence-electron chi connectivity index (χ4n) is 1.89. The lowest BCUT2D eigenvalue weighted by atomic mass is 10.1. The second-order valence-corrected chi connectivity index (χ2v) is 6.33. The van der Waals surface area contributed by atoms with Crippen molar-refractivity contribution in [3.05, 3.63) is 68.1 Å². The first-order valence-corrected chi connectivity index (χ1v) is 8.30.